The molecule has 23 heavy (non-hydrogen) atoms. The number of hydrogen-bond donors (Lipinski definition) is 2. The van der Waals surface area contributed by atoms with E-state index in [9.17, 15) is 19.5 Å². The summed E-state index contributed by atoms with van der Waals surface area (Å²) in [6.07, 6.45) is 0. The van der Waals surface area contributed by atoms with Crippen LogP contribution in [0.2, 0.25) is 0 Å². The Labute approximate surface area is 139 Å². The molecule has 122 valence electrons. The Kier molecular flexibility index (Phi) is 4.21. The summed E-state index contributed by atoms with van der Waals surface area (Å²) in [4.78, 5) is 36.5. The van der Waals surface area contributed by atoms with Gasteiger partial charge in [-0.25, -0.2) is 4.79 Å². The zero-order valence-electron chi connectivity index (χ0n) is 12.0. The molecule has 3 rings (SSSR count). The van der Waals surface area contributed by atoms with Gasteiger partial charge in [0, 0.05) is 17.6 Å². The molecule has 3 heterocycles. The number of fused-ring (bicyclic) bond motifs is 1. The number of carbonyl (C=O) groups excluding carboxylic acids is 2. The highest BCUT2D eigenvalue weighted by Gasteiger charge is 2.51. The van der Waals surface area contributed by atoms with Gasteiger partial charge in [0.25, 0.3) is 5.12 Å². The lowest BCUT2D eigenvalue weighted by atomic mass is 10.0. The van der Waals surface area contributed by atoms with Crippen molar-refractivity contribution in [1.29, 1.82) is 0 Å². The highest BCUT2D eigenvalue weighted by atomic mass is 32.2. The van der Waals surface area contributed by atoms with Gasteiger partial charge in [0.05, 0.1) is 5.69 Å². The summed E-state index contributed by atoms with van der Waals surface area (Å²) in [6.45, 7) is 1.70. The summed E-state index contributed by atoms with van der Waals surface area (Å²) >= 11 is 2.33. The van der Waals surface area contributed by atoms with Gasteiger partial charge < -0.3 is 15.4 Å². The third kappa shape index (κ3) is 2.77. The number of aromatic nitrogens is 1. The summed E-state index contributed by atoms with van der Waals surface area (Å²) in [5.41, 5.74) is 6.73. The van der Waals surface area contributed by atoms with E-state index in [2.05, 4.69) is 5.16 Å². The summed E-state index contributed by atoms with van der Waals surface area (Å²) in [5, 5.41) is 12.4. The van der Waals surface area contributed by atoms with Gasteiger partial charge in [0.15, 0.2) is 0 Å². The number of carbonyl (C=O) groups is 3. The number of carboxylic acid groups (broad SMARTS) is 1. The van der Waals surface area contributed by atoms with Crippen LogP contribution in [0.1, 0.15) is 16.2 Å². The lowest BCUT2D eigenvalue weighted by Crippen LogP contribution is -2.68. The molecule has 2 aliphatic heterocycles. The molecule has 10 heteroatoms. The van der Waals surface area contributed by atoms with Gasteiger partial charge in [-0.15, -0.1) is 11.8 Å². The van der Waals surface area contributed by atoms with Crippen LogP contribution in [0.15, 0.2) is 21.9 Å². The molecule has 0 bridgehead atoms. The lowest BCUT2D eigenvalue weighted by molar-refractivity contribution is -0.147. The van der Waals surface area contributed by atoms with Gasteiger partial charge >= 0.3 is 5.97 Å². The van der Waals surface area contributed by atoms with E-state index in [0.29, 0.717) is 17.0 Å². The van der Waals surface area contributed by atoms with Crippen LogP contribution in [0.5, 0.6) is 0 Å². The topological polar surface area (TPSA) is 127 Å². The van der Waals surface area contributed by atoms with Crippen LogP contribution in [0.4, 0.5) is 0 Å². The van der Waals surface area contributed by atoms with Crippen LogP contribution < -0.4 is 5.73 Å². The molecule has 0 spiro atoms. The van der Waals surface area contributed by atoms with Crippen molar-refractivity contribution in [2.24, 2.45) is 5.73 Å². The second kappa shape index (κ2) is 6.02. The molecular formula is C13H13N3O5S2. The Balaban J connectivity index is 1.76. The van der Waals surface area contributed by atoms with Crippen molar-refractivity contribution in [2.45, 2.75) is 18.3 Å². The molecule has 1 aromatic rings. The van der Waals surface area contributed by atoms with Crippen LogP contribution in [0.3, 0.4) is 0 Å². The summed E-state index contributed by atoms with van der Waals surface area (Å²) in [5.74, 6) is -0.889. The van der Waals surface area contributed by atoms with Gasteiger partial charge in [0.1, 0.15) is 17.1 Å². The highest BCUT2D eigenvalue weighted by molar-refractivity contribution is 8.14. The van der Waals surface area contributed by atoms with E-state index < -0.39 is 17.9 Å². The number of nitrogens with two attached hydrogens (primary N) is 1. The van der Waals surface area contributed by atoms with E-state index in [4.69, 9.17) is 10.3 Å². The van der Waals surface area contributed by atoms with Crippen LogP contribution in [-0.4, -0.2) is 55.1 Å². The van der Waals surface area contributed by atoms with Gasteiger partial charge in [-0.05, 0) is 12.5 Å². The number of thioether (sulfide) groups is 2. The molecule has 3 N–H and O–H groups in total. The minimum absolute atomic E-state index is 0.0606. The second-order valence-corrected chi connectivity index (χ2v) is 7.15. The first kappa shape index (κ1) is 16.1. The first-order chi connectivity index (χ1) is 10.9. The molecule has 8 nitrogen and oxygen atoms in total. The molecule has 2 aliphatic rings. The van der Waals surface area contributed by atoms with Crippen LogP contribution in [0.25, 0.3) is 0 Å². The fourth-order valence-corrected chi connectivity index (χ4v) is 4.58. The quantitative estimate of drug-likeness (QED) is 0.739. The van der Waals surface area contributed by atoms with Crippen molar-refractivity contribution in [3.8, 4) is 0 Å². The number of amides is 1. The molecule has 1 aromatic heterocycles. The minimum atomic E-state index is -1.19. The fourth-order valence-electron chi connectivity index (χ4n) is 2.37. The van der Waals surface area contributed by atoms with Crippen LogP contribution in [-0.2, 0) is 9.59 Å². The van der Waals surface area contributed by atoms with Crippen LogP contribution in [0, 0.1) is 6.92 Å². The average molecular weight is 355 g/mol. The molecule has 1 saturated heterocycles. The maximum Gasteiger partial charge on any atom is 0.352 e. The maximum absolute atomic E-state index is 12.0. The number of β-lactam (4-membered cyclic amide) rings is 1. The van der Waals surface area contributed by atoms with Gasteiger partial charge in [-0.3, -0.25) is 14.5 Å². The number of aryl methyl sites for hydroxylation is 1. The average Bonchev–Trinajstić information content (AvgIpc) is 2.97. The molecule has 1 fully saturated rings. The number of carboxylic acids is 1. The van der Waals surface area contributed by atoms with E-state index in [-0.39, 0.29) is 27.7 Å². The zero-order valence-corrected chi connectivity index (χ0v) is 13.6. The number of nitrogens with zero attached hydrogens (tertiary/aromatic N) is 2. The van der Waals surface area contributed by atoms with E-state index in [0.717, 1.165) is 11.8 Å². The molecule has 1 amide bonds. The van der Waals surface area contributed by atoms with Crippen molar-refractivity contribution in [3.05, 3.63) is 28.8 Å². The van der Waals surface area contributed by atoms with Gasteiger partial charge in [-0.1, -0.05) is 16.9 Å². The second-order valence-electron chi connectivity index (χ2n) is 5.10. The molecule has 1 unspecified atom stereocenters. The zero-order chi connectivity index (χ0) is 16.7. The SMILES string of the molecule is Cc1cc(C(=O)SCC2=C(C(=O)O)N3C(=O)C(N)[C@@H]3SC2)on1. The standard InChI is InChI=1S/C13H13N3O5S2/c1-5-2-7(21-15-5)13(20)23-4-6-3-22-11-8(14)10(17)16(11)9(6)12(18)19/h2,8,11H,3-4,14H2,1H3,(H,18,19)/t8?,11-/m0/s1. The molecule has 0 radical (unpaired) electrons. The molecule has 0 aromatic carbocycles. The Morgan fingerprint density at radius 1 is 1.61 bits per heavy atom. The first-order valence-electron chi connectivity index (χ1n) is 6.66. The predicted molar refractivity (Wildman–Crippen MR) is 83.8 cm³/mol. The number of rotatable bonds is 4. The highest BCUT2D eigenvalue weighted by Crippen LogP contribution is 2.40. The molecule has 2 atom stereocenters. The molecule has 0 aliphatic carbocycles. The number of aliphatic carboxylic acids is 1. The summed E-state index contributed by atoms with van der Waals surface area (Å²) in [6, 6.07) is 0.855. The van der Waals surface area contributed by atoms with Gasteiger partial charge in [0.2, 0.25) is 11.7 Å². The van der Waals surface area contributed by atoms with Crippen molar-refractivity contribution in [1.82, 2.24) is 10.1 Å². The Bertz CT molecular complexity index is 729. The molecular weight excluding hydrogens is 342 g/mol. The lowest BCUT2D eigenvalue weighted by Gasteiger charge is -2.48. The van der Waals surface area contributed by atoms with Crippen molar-refractivity contribution in [3.63, 3.8) is 0 Å². The monoisotopic (exact) mass is 355 g/mol. The fraction of sp³-hybridized carbons (Fsp3) is 0.385. The molecule has 0 saturated carbocycles. The van der Waals surface area contributed by atoms with Crippen molar-refractivity contribution >= 4 is 40.5 Å². The van der Waals surface area contributed by atoms with E-state index in [1.165, 1.54) is 22.7 Å². The van der Waals surface area contributed by atoms with E-state index in [1.807, 2.05) is 0 Å². The number of hydrogen-bond acceptors (Lipinski definition) is 8. The summed E-state index contributed by atoms with van der Waals surface area (Å²) < 4.78 is 4.88. The maximum atomic E-state index is 12.0. The van der Waals surface area contributed by atoms with E-state index >= 15 is 0 Å². The van der Waals surface area contributed by atoms with Crippen molar-refractivity contribution < 1.29 is 24.0 Å². The van der Waals surface area contributed by atoms with Crippen LogP contribution >= 0.6 is 23.5 Å². The predicted octanol–water partition coefficient (Wildman–Crippen LogP) is 0.438. The first-order valence-corrected chi connectivity index (χ1v) is 8.69. The van der Waals surface area contributed by atoms with Crippen molar-refractivity contribution in [2.75, 3.05) is 11.5 Å². The largest absolute Gasteiger partial charge is 0.477 e. The van der Waals surface area contributed by atoms with E-state index in [1.54, 1.807) is 6.92 Å². The third-order valence-corrected chi connectivity index (χ3v) is 5.81. The smallest absolute Gasteiger partial charge is 0.352 e. The van der Waals surface area contributed by atoms with Gasteiger partial charge in [-0.2, -0.15) is 0 Å². The summed E-state index contributed by atoms with van der Waals surface area (Å²) in [7, 11) is 0. The Hall–Kier alpha value is -1.78. The Morgan fingerprint density at radius 2 is 2.35 bits per heavy atom. The minimum Gasteiger partial charge on any atom is -0.477 e. The third-order valence-electron chi connectivity index (χ3n) is 3.50. The normalized spacial score (nSPS) is 23.6. The Morgan fingerprint density at radius 3 is 2.96 bits per heavy atom.